The predicted molar refractivity (Wildman–Crippen MR) is 99.7 cm³/mol. The van der Waals surface area contributed by atoms with Crippen LogP contribution in [0.2, 0.25) is 0 Å². The summed E-state index contributed by atoms with van der Waals surface area (Å²) >= 11 is 0. The summed E-state index contributed by atoms with van der Waals surface area (Å²) in [7, 11) is 3.02. The summed E-state index contributed by atoms with van der Waals surface area (Å²) in [6.07, 6.45) is 1.37. The van der Waals surface area contributed by atoms with Crippen LogP contribution in [0.25, 0.3) is 0 Å². The molecule has 0 atom stereocenters. The Hall–Kier alpha value is -3.75. The molecular formula is C19H19N3O6. The van der Waals surface area contributed by atoms with Crippen molar-refractivity contribution in [1.82, 2.24) is 10.7 Å². The molecule has 3 rings (SSSR count). The van der Waals surface area contributed by atoms with E-state index in [2.05, 4.69) is 15.8 Å². The van der Waals surface area contributed by atoms with E-state index in [0.717, 1.165) is 5.56 Å². The monoisotopic (exact) mass is 385 g/mol. The maximum atomic E-state index is 11.9. The Balaban J connectivity index is 1.53. The number of amides is 2. The van der Waals surface area contributed by atoms with Gasteiger partial charge in [-0.25, -0.2) is 5.43 Å². The van der Waals surface area contributed by atoms with Crippen LogP contribution in [0.3, 0.4) is 0 Å². The highest BCUT2D eigenvalue weighted by molar-refractivity contribution is 6.35. The van der Waals surface area contributed by atoms with Crippen molar-refractivity contribution in [2.75, 3.05) is 21.0 Å². The molecular weight excluding hydrogens is 366 g/mol. The lowest BCUT2D eigenvalue weighted by molar-refractivity contribution is -0.139. The molecule has 28 heavy (non-hydrogen) atoms. The molecule has 2 N–H and O–H groups in total. The van der Waals surface area contributed by atoms with Crippen molar-refractivity contribution >= 4 is 18.0 Å². The highest BCUT2D eigenvalue weighted by atomic mass is 16.7. The standard InChI is InChI=1S/C19H19N3O6/c1-25-15-5-3-4-13(17(15)26-2)10-21-22-19(24)18(23)20-9-12-6-7-14-16(8-12)28-11-27-14/h3-8,10H,9,11H2,1-2H3,(H,20,23)(H,22,24)/b21-10+. The number of fused-ring (bicyclic) bond motifs is 1. The first-order valence-electron chi connectivity index (χ1n) is 8.33. The lowest BCUT2D eigenvalue weighted by atomic mass is 10.2. The largest absolute Gasteiger partial charge is 0.493 e. The Kier molecular flexibility index (Phi) is 5.95. The van der Waals surface area contributed by atoms with Crippen molar-refractivity contribution < 1.29 is 28.5 Å². The fourth-order valence-electron chi connectivity index (χ4n) is 2.54. The van der Waals surface area contributed by atoms with E-state index < -0.39 is 11.8 Å². The van der Waals surface area contributed by atoms with Crippen molar-refractivity contribution in [3.8, 4) is 23.0 Å². The summed E-state index contributed by atoms with van der Waals surface area (Å²) in [5, 5.41) is 6.30. The summed E-state index contributed by atoms with van der Waals surface area (Å²) < 4.78 is 20.9. The zero-order valence-electron chi connectivity index (χ0n) is 15.4. The fourth-order valence-corrected chi connectivity index (χ4v) is 2.54. The van der Waals surface area contributed by atoms with E-state index in [1.165, 1.54) is 20.4 Å². The number of rotatable bonds is 6. The van der Waals surface area contributed by atoms with E-state index in [9.17, 15) is 9.59 Å². The lowest BCUT2D eigenvalue weighted by Gasteiger charge is -2.09. The Morgan fingerprint density at radius 3 is 2.71 bits per heavy atom. The van der Waals surface area contributed by atoms with Crippen molar-refractivity contribution in [1.29, 1.82) is 0 Å². The van der Waals surface area contributed by atoms with Crippen LogP contribution in [0.5, 0.6) is 23.0 Å². The highest BCUT2D eigenvalue weighted by Gasteiger charge is 2.15. The van der Waals surface area contributed by atoms with Gasteiger partial charge in [0.25, 0.3) is 0 Å². The topological polar surface area (TPSA) is 107 Å². The molecule has 9 nitrogen and oxygen atoms in total. The number of carbonyl (C=O) groups is 2. The number of hydrogen-bond acceptors (Lipinski definition) is 7. The number of hydrazone groups is 1. The Morgan fingerprint density at radius 2 is 1.93 bits per heavy atom. The third kappa shape index (κ3) is 4.32. The van der Waals surface area contributed by atoms with Crippen molar-refractivity contribution in [3.05, 3.63) is 47.5 Å². The molecule has 2 aromatic carbocycles. The van der Waals surface area contributed by atoms with Gasteiger partial charge in [-0.2, -0.15) is 5.10 Å². The van der Waals surface area contributed by atoms with Crippen LogP contribution in [0.15, 0.2) is 41.5 Å². The first kappa shape index (κ1) is 19.0. The van der Waals surface area contributed by atoms with Gasteiger partial charge in [-0.3, -0.25) is 9.59 Å². The zero-order chi connectivity index (χ0) is 19.9. The summed E-state index contributed by atoms with van der Waals surface area (Å²) in [5.74, 6) is 0.545. The summed E-state index contributed by atoms with van der Waals surface area (Å²) in [6.45, 7) is 0.333. The Morgan fingerprint density at radius 1 is 1.11 bits per heavy atom. The molecule has 0 aromatic heterocycles. The molecule has 2 aromatic rings. The molecule has 0 fully saturated rings. The number of nitrogens with zero attached hydrogens (tertiary/aromatic N) is 1. The van der Waals surface area contributed by atoms with Gasteiger partial charge in [0, 0.05) is 12.1 Å². The van der Waals surface area contributed by atoms with E-state index in [4.69, 9.17) is 18.9 Å². The minimum atomic E-state index is -0.890. The zero-order valence-corrected chi connectivity index (χ0v) is 15.4. The normalized spacial score (nSPS) is 11.9. The molecule has 0 spiro atoms. The number of benzene rings is 2. The lowest BCUT2D eigenvalue weighted by Crippen LogP contribution is -2.37. The van der Waals surface area contributed by atoms with Gasteiger partial charge in [0.15, 0.2) is 23.0 Å². The molecule has 1 aliphatic heterocycles. The molecule has 9 heteroatoms. The average Bonchev–Trinajstić information content (AvgIpc) is 3.19. The number of methoxy groups -OCH3 is 2. The van der Waals surface area contributed by atoms with E-state index in [1.807, 2.05) is 0 Å². The third-order valence-corrected chi connectivity index (χ3v) is 3.90. The molecule has 0 aliphatic carbocycles. The maximum Gasteiger partial charge on any atom is 0.329 e. The molecule has 2 amide bonds. The fraction of sp³-hybridized carbons (Fsp3) is 0.211. The first-order chi connectivity index (χ1) is 13.6. The second kappa shape index (κ2) is 8.76. The smallest absolute Gasteiger partial charge is 0.329 e. The maximum absolute atomic E-state index is 11.9. The van der Waals surface area contributed by atoms with Gasteiger partial charge in [-0.1, -0.05) is 12.1 Å². The van der Waals surface area contributed by atoms with Gasteiger partial charge in [0.05, 0.1) is 20.4 Å². The first-order valence-corrected chi connectivity index (χ1v) is 8.33. The molecule has 1 aliphatic rings. The summed E-state index contributed by atoms with van der Waals surface area (Å²) in [5.41, 5.74) is 3.53. The minimum Gasteiger partial charge on any atom is -0.493 e. The summed E-state index contributed by atoms with van der Waals surface area (Å²) in [6, 6.07) is 10.5. The predicted octanol–water partition coefficient (Wildman–Crippen LogP) is 1.20. The highest BCUT2D eigenvalue weighted by Crippen LogP contribution is 2.32. The van der Waals surface area contributed by atoms with Crippen molar-refractivity contribution in [2.45, 2.75) is 6.54 Å². The quantitative estimate of drug-likeness (QED) is 0.440. The van der Waals surface area contributed by atoms with Gasteiger partial charge in [-0.15, -0.1) is 0 Å². The van der Waals surface area contributed by atoms with Crippen LogP contribution < -0.4 is 29.7 Å². The molecule has 0 radical (unpaired) electrons. The van der Waals surface area contributed by atoms with Crippen LogP contribution in [0, 0.1) is 0 Å². The van der Waals surface area contributed by atoms with Gasteiger partial charge < -0.3 is 24.3 Å². The second-order valence-electron chi connectivity index (χ2n) is 5.65. The number of hydrogen-bond donors (Lipinski definition) is 2. The number of carbonyl (C=O) groups excluding carboxylic acids is 2. The van der Waals surface area contributed by atoms with Crippen LogP contribution in [0.4, 0.5) is 0 Å². The van der Waals surface area contributed by atoms with Crippen molar-refractivity contribution in [3.63, 3.8) is 0 Å². The molecule has 146 valence electrons. The van der Waals surface area contributed by atoms with E-state index in [-0.39, 0.29) is 13.3 Å². The van der Waals surface area contributed by atoms with Gasteiger partial charge >= 0.3 is 11.8 Å². The number of para-hydroxylation sites is 1. The van der Waals surface area contributed by atoms with Crippen LogP contribution >= 0.6 is 0 Å². The van der Waals surface area contributed by atoms with E-state index >= 15 is 0 Å². The average molecular weight is 385 g/mol. The van der Waals surface area contributed by atoms with Crippen LogP contribution in [0.1, 0.15) is 11.1 Å². The van der Waals surface area contributed by atoms with Gasteiger partial charge in [-0.05, 0) is 29.8 Å². The minimum absolute atomic E-state index is 0.163. The van der Waals surface area contributed by atoms with Gasteiger partial charge in [0.1, 0.15) is 0 Å². The second-order valence-corrected chi connectivity index (χ2v) is 5.65. The van der Waals surface area contributed by atoms with Crippen LogP contribution in [-0.2, 0) is 16.1 Å². The molecule has 0 saturated carbocycles. The number of nitrogens with one attached hydrogen (secondary N) is 2. The van der Waals surface area contributed by atoms with Gasteiger partial charge in [0.2, 0.25) is 6.79 Å². The third-order valence-electron chi connectivity index (χ3n) is 3.90. The molecule has 0 bridgehead atoms. The van der Waals surface area contributed by atoms with Crippen LogP contribution in [-0.4, -0.2) is 39.0 Å². The van der Waals surface area contributed by atoms with E-state index in [1.54, 1.807) is 36.4 Å². The molecule has 1 heterocycles. The van der Waals surface area contributed by atoms with Crippen molar-refractivity contribution in [2.24, 2.45) is 5.10 Å². The molecule has 0 saturated heterocycles. The van der Waals surface area contributed by atoms with E-state index in [0.29, 0.717) is 28.6 Å². The molecule has 0 unspecified atom stereocenters. The Labute approximate surface area is 161 Å². The summed E-state index contributed by atoms with van der Waals surface area (Å²) in [4.78, 5) is 23.8. The Bertz CT molecular complexity index is 913. The number of ether oxygens (including phenoxy) is 4. The SMILES string of the molecule is COc1cccc(/C=N/NC(=O)C(=O)NCc2ccc3c(c2)OCO3)c1OC.